The molecule has 0 heterocycles. The van der Waals surface area contributed by atoms with Crippen molar-refractivity contribution in [3.05, 3.63) is 35.4 Å². The molecule has 0 saturated heterocycles. The highest BCUT2D eigenvalue weighted by Crippen LogP contribution is 2.35. The maximum Gasteiger partial charge on any atom is 0.165 e. The lowest BCUT2D eigenvalue weighted by Crippen LogP contribution is -2.22. The Labute approximate surface area is 126 Å². The fraction of sp³-hybridized carbons (Fsp3) is 0.500. The van der Waals surface area contributed by atoms with Crippen LogP contribution in [0.3, 0.4) is 0 Å². The van der Waals surface area contributed by atoms with Crippen LogP contribution in [-0.4, -0.2) is 19.8 Å². The lowest BCUT2D eigenvalue weighted by Gasteiger charge is -2.17. The van der Waals surface area contributed by atoms with Gasteiger partial charge in [0, 0.05) is 29.2 Å². The summed E-state index contributed by atoms with van der Waals surface area (Å²) in [5.41, 5.74) is 1.02. The Balaban J connectivity index is 2.87. The van der Waals surface area contributed by atoms with Gasteiger partial charge in [-0.1, -0.05) is 31.5 Å². The van der Waals surface area contributed by atoms with Gasteiger partial charge in [0.2, 0.25) is 0 Å². The van der Waals surface area contributed by atoms with Gasteiger partial charge in [0.15, 0.2) is 11.5 Å². The lowest BCUT2D eigenvalue weighted by molar-refractivity contribution is 0.286. The molecule has 0 aliphatic rings. The summed E-state index contributed by atoms with van der Waals surface area (Å²) in [6, 6.07) is 4.10. The zero-order valence-electron chi connectivity index (χ0n) is 12.5. The van der Waals surface area contributed by atoms with Gasteiger partial charge in [-0.3, -0.25) is 0 Å². The molecule has 0 aliphatic heterocycles. The monoisotopic (exact) mass is 297 g/mol. The zero-order valence-corrected chi connectivity index (χ0v) is 13.3. The molecule has 0 fully saturated rings. The second kappa shape index (κ2) is 8.88. The highest BCUT2D eigenvalue weighted by molar-refractivity contribution is 6.30. The van der Waals surface area contributed by atoms with Crippen molar-refractivity contribution < 1.29 is 9.47 Å². The molecule has 0 aliphatic carbocycles. The molecule has 4 heteroatoms. The van der Waals surface area contributed by atoms with E-state index in [-0.39, 0.29) is 0 Å². The van der Waals surface area contributed by atoms with E-state index in [0.717, 1.165) is 24.2 Å². The summed E-state index contributed by atoms with van der Waals surface area (Å²) in [6.07, 6.45) is 3.77. The number of rotatable bonds is 9. The van der Waals surface area contributed by atoms with E-state index in [0.29, 0.717) is 30.0 Å². The number of nitrogens with one attached hydrogen (secondary N) is 1. The summed E-state index contributed by atoms with van der Waals surface area (Å²) in [5, 5.41) is 4.03. The standard InChI is InChI=1S/C16H24ClNO2/c1-5-6-7-8-20-16-13(11-18-12(2)3)9-14(17)10-15(16)19-4/h5,9-10,12,18H,1,6-8,11H2,2-4H3. The molecular formula is C16H24ClNO2. The first-order valence-corrected chi connectivity index (χ1v) is 7.29. The molecule has 1 aromatic carbocycles. The van der Waals surface area contributed by atoms with Crippen LogP contribution in [0.2, 0.25) is 5.02 Å². The number of unbranched alkanes of at least 4 members (excludes halogenated alkanes) is 1. The van der Waals surface area contributed by atoms with Crippen LogP contribution in [0.5, 0.6) is 11.5 Å². The molecule has 1 aromatic rings. The summed E-state index contributed by atoms with van der Waals surface area (Å²) in [5.74, 6) is 1.45. The molecule has 0 aromatic heterocycles. The Morgan fingerprint density at radius 1 is 1.40 bits per heavy atom. The minimum absolute atomic E-state index is 0.397. The fourth-order valence-electron chi connectivity index (χ4n) is 1.79. The van der Waals surface area contributed by atoms with E-state index in [1.807, 2.05) is 12.1 Å². The van der Waals surface area contributed by atoms with Crippen molar-refractivity contribution in [3.8, 4) is 11.5 Å². The van der Waals surface area contributed by atoms with Crippen LogP contribution in [0.4, 0.5) is 0 Å². The first-order chi connectivity index (χ1) is 9.58. The predicted molar refractivity (Wildman–Crippen MR) is 84.9 cm³/mol. The number of methoxy groups -OCH3 is 1. The first-order valence-electron chi connectivity index (χ1n) is 6.92. The number of halogens is 1. The Bertz CT molecular complexity index is 433. The third-order valence-electron chi connectivity index (χ3n) is 2.82. The van der Waals surface area contributed by atoms with Crippen molar-refractivity contribution >= 4 is 11.6 Å². The second-order valence-electron chi connectivity index (χ2n) is 4.91. The van der Waals surface area contributed by atoms with Crippen molar-refractivity contribution in [1.29, 1.82) is 0 Å². The molecule has 0 bridgehead atoms. The van der Waals surface area contributed by atoms with E-state index in [4.69, 9.17) is 21.1 Å². The van der Waals surface area contributed by atoms with Crippen molar-refractivity contribution in [2.45, 2.75) is 39.3 Å². The molecule has 0 spiro atoms. The van der Waals surface area contributed by atoms with Gasteiger partial charge in [0.25, 0.3) is 0 Å². The number of hydrogen-bond donors (Lipinski definition) is 1. The van der Waals surface area contributed by atoms with Crippen LogP contribution in [-0.2, 0) is 6.54 Å². The summed E-state index contributed by atoms with van der Waals surface area (Å²) < 4.78 is 11.3. The maximum absolute atomic E-state index is 6.12. The van der Waals surface area contributed by atoms with Crippen LogP contribution >= 0.6 is 11.6 Å². The van der Waals surface area contributed by atoms with Crippen molar-refractivity contribution in [3.63, 3.8) is 0 Å². The SMILES string of the molecule is C=CCCCOc1c(CNC(C)C)cc(Cl)cc1OC. The number of benzene rings is 1. The van der Waals surface area contributed by atoms with Gasteiger partial charge < -0.3 is 14.8 Å². The average Bonchev–Trinajstić information content (AvgIpc) is 2.42. The Kier molecular flexibility index (Phi) is 7.48. The fourth-order valence-corrected chi connectivity index (χ4v) is 2.02. The van der Waals surface area contributed by atoms with Gasteiger partial charge >= 0.3 is 0 Å². The van der Waals surface area contributed by atoms with Crippen LogP contribution in [0, 0.1) is 0 Å². The van der Waals surface area contributed by atoms with E-state index >= 15 is 0 Å². The van der Waals surface area contributed by atoms with Gasteiger partial charge in [-0.15, -0.1) is 6.58 Å². The van der Waals surface area contributed by atoms with E-state index in [2.05, 4.69) is 25.7 Å². The summed E-state index contributed by atoms with van der Waals surface area (Å²) >= 11 is 6.12. The quantitative estimate of drug-likeness (QED) is 0.547. The average molecular weight is 298 g/mol. The number of ether oxygens (including phenoxy) is 2. The second-order valence-corrected chi connectivity index (χ2v) is 5.35. The molecular weight excluding hydrogens is 274 g/mol. The molecule has 112 valence electrons. The van der Waals surface area contributed by atoms with Gasteiger partial charge in [-0.2, -0.15) is 0 Å². The Morgan fingerprint density at radius 3 is 2.75 bits per heavy atom. The highest BCUT2D eigenvalue weighted by Gasteiger charge is 2.13. The van der Waals surface area contributed by atoms with E-state index in [9.17, 15) is 0 Å². The Hall–Kier alpha value is -1.19. The summed E-state index contributed by atoms with van der Waals surface area (Å²) in [6.45, 7) is 9.25. The number of hydrogen-bond acceptors (Lipinski definition) is 3. The molecule has 0 saturated carbocycles. The van der Waals surface area contributed by atoms with Gasteiger partial charge in [-0.25, -0.2) is 0 Å². The summed E-state index contributed by atoms with van der Waals surface area (Å²) in [4.78, 5) is 0. The van der Waals surface area contributed by atoms with Crippen LogP contribution in [0.15, 0.2) is 24.8 Å². The van der Waals surface area contributed by atoms with Crippen LogP contribution in [0.1, 0.15) is 32.3 Å². The van der Waals surface area contributed by atoms with Gasteiger partial charge in [0.1, 0.15) is 0 Å². The first kappa shape index (κ1) is 16.9. The van der Waals surface area contributed by atoms with Crippen LogP contribution < -0.4 is 14.8 Å². The molecule has 0 amide bonds. The molecule has 3 nitrogen and oxygen atoms in total. The topological polar surface area (TPSA) is 30.5 Å². The van der Waals surface area contributed by atoms with Crippen LogP contribution in [0.25, 0.3) is 0 Å². The third kappa shape index (κ3) is 5.43. The van der Waals surface area contributed by atoms with E-state index < -0.39 is 0 Å². The highest BCUT2D eigenvalue weighted by atomic mass is 35.5. The van der Waals surface area contributed by atoms with Crippen molar-refractivity contribution in [2.24, 2.45) is 0 Å². The third-order valence-corrected chi connectivity index (χ3v) is 3.03. The van der Waals surface area contributed by atoms with Gasteiger partial charge in [0.05, 0.1) is 13.7 Å². The van der Waals surface area contributed by atoms with E-state index in [1.165, 1.54) is 0 Å². The number of allylic oxidation sites excluding steroid dienone is 1. The van der Waals surface area contributed by atoms with Crippen molar-refractivity contribution in [2.75, 3.05) is 13.7 Å². The zero-order chi connectivity index (χ0) is 15.0. The summed E-state index contributed by atoms with van der Waals surface area (Å²) in [7, 11) is 1.63. The lowest BCUT2D eigenvalue weighted by atomic mass is 10.1. The minimum atomic E-state index is 0.397. The Morgan fingerprint density at radius 2 is 2.15 bits per heavy atom. The smallest absolute Gasteiger partial charge is 0.165 e. The predicted octanol–water partition coefficient (Wildman–Crippen LogP) is 4.19. The largest absolute Gasteiger partial charge is 0.493 e. The molecule has 0 unspecified atom stereocenters. The normalized spacial score (nSPS) is 10.7. The molecule has 20 heavy (non-hydrogen) atoms. The molecule has 0 atom stereocenters. The molecule has 1 N–H and O–H groups in total. The maximum atomic E-state index is 6.12. The molecule has 0 radical (unpaired) electrons. The van der Waals surface area contributed by atoms with Gasteiger partial charge in [-0.05, 0) is 18.9 Å². The molecule has 1 rings (SSSR count). The van der Waals surface area contributed by atoms with Crippen molar-refractivity contribution in [1.82, 2.24) is 5.32 Å². The minimum Gasteiger partial charge on any atom is -0.493 e. The van der Waals surface area contributed by atoms with E-state index in [1.54, 1.807) is 13.2 Å².